The fourth-order valence-electron chi connectivity index (χ4n) is 2.88. The number of benzene rings is 2. The average molecular weight is 431 g/mol. The Hall–Kier alpha value is -2.72. The largest absolute Gasteiger partial charge is 0.494 e. The summed E-state index contributed by atoms with van der Waals surface area (Å²) in [5, 5.41) is 0. The first-order chi connectivity index (χ1) is 13.6. The summed E-state index contributed by atoms with van der Waals surface area (Å²) in [6, 6.07) is 6.75. The lowest BCUT2D eigenvalue weighted by atomic mass is 9.83. The third kappa shape index (κ3) is 3.65. The Kier molecular flexibility index (Phi) is 5.50. The number of hydrogen-bond donors (Lipinski definition) is 1. The summed E-state index contributed by atoms with van der Waals surface area (Å²) >= 11 is 0. The second-order valence-electron chi connectivity index (χ2n) is 6.12. The highest BCUT2D eigenvalue weighted by Gasteiger charge is 2.52. The number of sulfonamides is 1. The van der Waals surface area contributed by atoms with Crippen LogP contribution in [0.2, 0.25) is 0 Å². The second kappa shape index (κ2) is 7.60. The van der Waals surface area contributed by atoms with Crippen molar-refractivity contribution in [2.24, 2.45) is 0 Å². The van der Waals surface area contributed by atoms with Gasteiger partial charge in [0.05, 0.1) is 18.0 Å². The van der Waals surface area contributed by atoms with E-state index in [4.69, 9.17) is 0 Å². The van der Waals surface area contributed by atoms with Gasteiger partial charge in [0.25, 0.3) is 0 Å². The van der Waals surface area contributed by atoms with Gasteiger partial charge in [0.15, 0.2) is 29.0 Å². The van der Waals surface area contributed by atoms with Crippen LogP contribution in [0.25, 0.3) is 0 Å². The number of halogens is 5. The summed E-state index contributed by atoms with van der Waals surface area (Å²) in [7, 11) is -3.32. The number of rotatable bonds is 5. The van der Waals surface area contributed by atoms with Gasteiger partial charge in [-0.15, -0.1) is 0 Å². The molecule has 2 aromatic rings. The summed E-state index contributed by atoms with van der Waals surface area (Å²) in [6.45, 7) is 0. The fourth-order valence-corrected chi connectivity index (χ4v) is 4.10. The number of methoxy groups -OCH3 is 1. The molecule has 0 radical (unpaired) electrons. The van der Waals surface area contributed by atoms with Gasteiger partial charge in [0.1, 0.15) is 0 Å². The molecule has 0 bridgehead atoms. The lowest BCUT2D eigenvalue weighted by Crippen LogP contribution is -2.49. The van der Waals surface area contributed by atoms with Gasteiger partial charge in [-0.2, -0.15) is 0 Å². The van der Waals surface area contributed by atoms with Crippen molar-refractivity contribution in [2.45, 2.75) is 16.6 Å². The molecule has 2 atom stereocenters. The minimum Gasteiger partial charge on any atom is -0.494 e. The van der Waals surface area contributed by atoms with Crippen molar-refractivity contribution in [1.82, 2.24) is 4.72 Å². The second-order valence-corrected chi connectivity index (χ2v) is 7.83. The zero-order chi connectivity index (χ0) is 21.4. The summed E-state index contributed by atoms with van der Waals surface area (Å²) < 4.78 is 104. The first-order valence-electron chi connectivity index (χ1n) is 8.15. The van der Waals surface area contributed by atoms with Gasteiger partial charge >= 0.3 is 0 Å². The van der Waals surface area contributed by atoms with Crippen molar-refractivity contribution in [3.63, 3.8) is 0 Å². The minimum atomic E-state index is -4.46. The van der Waals surface area contributed by atoms with Gasteiger partial charge in [-0.25, -0.2) is 35.1 Å². The number of ether oxygens (including phenoxy) is 1. The van der Waals surface area contributed by atoms with E-state index in [9.17, 15) is 26.0 Å². The van der Waals surface area contributed by atoms with Gasteiger partial charge in [0, 0.05) is 5.56 Å². The molecule has 0 heterocycles. The Labute approximate surface area is 163 Å². The predicted octanol–water partition coefficient (Wildman–Crippen LogP) is 4.36. The highest BCUT2D eigenvalue weighted by Crippen LogP contribution is 2.46. The highest BCUT2D eigenvalue weighted by atomic mass is 32.2. The van der Waals surface area contributed by atoms with E-state index in [1.165, 1.54) is 30.3 Å². The van der Waals surface area contributed by atoms with Crippen LogP contribution >= 0.6 is 0 Å². The molecule has 0 aliphatic heterocycles. The van der Waals surface area contributed by atoms with Gasteiger partial charge in [-0.1, -0.05) is 24.3 Å². The van der Waals surface area contributed by atoms with E-state index >= 15 is 4.39 Å². The first kappa shape index (κ1) is 21.0. The van der Waals surface area contributed by atoms with Crippen LogP contribution in [0, 0.1) is 5.82 Å². The summed E-state index contributed by atoms with van der Waals surface area (Å²) in [6.07, 6.45) is 0.251. The molecule has 2 unspecified atom stereocenters. The van der Waals surface area contributed by atoms with Gasteiger partial charge < -0.3 is 4.74 Å². The van der Waals surface area contributed by atoms with Gasteiger partial charge in [-0.05, 0) is 30.3 Å². The molecular weight excluding hydrogens is 417 g/mol. The standard InChI is InChI=1S/C19H14F5NO3S/c1-28-15-8-7-11(9-13(15)20)19(24)16(10-14(21)17(22)18(19)23)25-29(26,27)12-5-3-2-4-6-12/h2-10,16,25H,1H3. The maximum absolute atomic E-state index is 15.8. The highest BCUT2D eigenvalue weighted by molar-refractivity contribution is 7.89. The van der Waals surface area contributed by atoms with E-state index < -0.39 is 50.6 Å². The molecule has 0 amide bonds. The van der Waals surface area contributed by atoms with Crippen LogP contribution in [0.15, 0.2) is 77.0 Å². The van der Waals surface area contributed by atoms with Gasteiger partial charge in [0.2, 0.25) is 15.7 Å². The zero-order valence-corrected chi connectivity index (χ0v) is 15.6. The van der Waals surface area contributed by atoms with Crippen molar-refractivity contribution in [2.75, 3.05) is 7.11 Å². The molecule has 0 aromatic heterocycles. The fraction of sp³-hybridized carbons (Fsp3) is 0.158. The third-order valence-electron chi connectivity index (χ3n) is 4.37. The molecule has 1 N–H and O–H groups in total. The monoisotopic (exact) mass is 431 g/mol. The molecule has 2 aromatic carbocycles. The Bertz CT molecular complexity index is 1100. The van der Waals surface area contributed by atoms with E-state index in [1.807, 2.05) is 4.72 Å². The van der Waals surface area contributed by atoms with Crippen LogP contribution in [0.1, 0.15) is 5.56 Å². The van der Waals surface area contributed by atoms with Crippen LogP contribution in [0.5, 0.6) is 5.75 Å². The number of alkyl halides is 1. The lowest BCUT2D eigenvalue weighted by Gasteiger charge is -2.34. The van der Waals surface area contributed by atoms with E-state index in [0.717, 1.165) is 19.2 Å². The molecule has 10 heteroatoms. The molecule has 0 spiro atoms. The Morgan fingerprint density at radius 2 is 1.69 bits per heavy atom. The van der Waals surface area contributed by atoms with Crippen molar-refractivity contribution < 1.29 is 35.1 Å². The van der Waals surface area contributed by atoms with Crippen molar-refractivity contribution in [3.05, 3.63) is 83.5 Å². The summed E-state index contributed by atoms with van der Waals surface area (Å²) in [5.74, 6) is -7.55. The first-order valence-corrected chi connectivity index (χ1v) is 9.63. The molecule has 1 aliphatic carbocycles. The van der Waals surface area contributed by atoms with E-state index in [-0.39, 0.29) is 16.7 Å². The zero-order valence-electron chi connectivity index (χ0n) is 14.8. The number of nitrogens with one attached hydrogen (secondary N) is 1. The van der Waals surface area contributed by atoms with Crippen LogP contribution in [-0.4, -0.2) is 21.6 Å². The van der Waals surface area contributed by atoms with Crippen molar-refractivity contribution >= 4 is 10.0 Å². The maximum Gasteiger partial charge on any atom is 0.241 e. The molecule has 154 valence electrons. The predicted molar refractivity (Wildman–Crippen MR) is 94.7 cm³/mol. The van der Waals surface area contributed by atoms with Crippen molar-refractivity contribution in [3.8, 4) is 5.75 Å². The lowest BCUT2D eigenvalue weighted by molar-refractivity contribution is 0.134. The smallest absolute Gasteiger partial charge is 0.241 e. The quantitative estimate of drug-likeness (QED) is 0.716. The molecule has 4 nitrogen and oxygen atoms in total. The number of hydrogen-bond acceptors (Lipinski definition) is 3. The number of allylic oxidation sites excluding steroid dienone is 2. The molecule has 0 saturated heterocycles. The Morgan fingerprint density at radius 1 is 1.03 bits per heavy atom. The Morgan fingerprint density at radius 3 is 2.28 bits per heavy atom. The van der Waals surface area contributed by atoms with Crippen LogP contribution < -0.4 is 9.46 Å². The summed E-state index contributed by atoms with van der Waals surface area (Å²) in [4.78, 5) is -0.312. The molecule has 3 rings (SSSR count). The summed E-state index contributed by atoms with van der Waals surface area (Å²) in [5.41, 5.74) is -4.32. The maximum atomic E-state index is 15.8. The third-order valence-corrected chi connectivity index (χ3v) is 5.83. The minimum absolute atomic E-state index is 0.251. The normalized spacial score (nSPS) is 22.4. The van der Waals surface area contributed by atoms with E-state index in [0.29, 0.717) is 6.07 Å². The van der Waals surface area contributed by atoms with E-state index in [1.54, 1.807) is 0 Å². The molecule has 29 heavy (non-hydrogen) atoms. The average Bonchev–Trinajstić information content (AvgIpc) is 2.71. The molecular formula is C19H14F5NO3S. The van der Waals surface area contributed by atoms with Gasteiger partial charge in [-0.3, -0.25) is 0 Å². The van der Waals surface area contributed by atoms with Crippen LogP contribution in [-0.2, 0) is 15.7 Å². The Balaban J connectivity index is 2.12. The molecule has 1 aliphatic rings. The molecule has 0 saturated carbocycles. The SMILES string of the molecule is COc1ccc(C2(F)C(F)=C(F)C(F)=CC2NS(=O)(=O)c2ccccc2)cc1F. The van der Waals surface area contributed by atoms with Crippen LogP contribution in [0.3, 0.4) is 0 Å². The van der Waals surface area contributed by atoms with Crippen LogP contribution in [0.4, 0.5) is 22.0 Å². The molecule has 0 fully saturated rings. The topological polar surface area (TPSA) is 55.4 Å². The van der Waals surface area contributed by atoms with Crippen molar-refractivity contribution in [1.29, 1.82) is 0 Å². The van der Waals surface area contributed by atoms with E-state index in [2.05, 4.69) is 4.74 Å².